The molecule has 0 unspecified atom stereocenters. The number of carbonyl (C=O) groups is 3. The number of benzene rings is 2. The fraction of sp³-hybridized carbons (Fsp3) is 0.250. The molecule has 1 aliphatic heterocycles. The van der Waals surface area contributed by atoms with Crippen LogP contribution in [0.25, 0.3) is 5.69 Å². The highest BCUT2D eigenvalue weighted by molar-refractivity contribution is 5.95. The van der Waals surface area contributed by atoms with E-state index in [0.29, 0.717) is 37.2 Å². The minimum absolute atomic E-state index is 0.130. The first-order valence-corrected chi connectivity index (χ1v) is 10.7. The molecule has 4 rings (SSSR count). The zero-order valence-electron chi connectivity index (χ0n) is 17.9. The van der Waals surface area contributed by atoms with Crippen LogP contribution >= 0.6 is 0 Å². The second-order valence-electron chi connectivity index (χ2n) is 7.84. The Morgan fingerprint density at radius 1 is 1.00 bits per heavy atom. The molecule has 0 radical (unpaired) electrons. The van der Waals surface area contributed by atoms with E-state index in [2.05, 4.69) is 15.7 Å². The van der Waals surface area contributed by atoms with E-state index < -0.39 is 5.82 Å². The van der Waals surface area contributed by atoms with Gasteiger partial charge in [-0.1, -0.05) is 0 Å². The third-order valence-corrected chi connectivity index (χ3v) is 5.59. The molecule has 0 spiro atoms. The minimum Gasteiger partial charge on any atom is -0.347 e. The van der Waals surface area contributed by atoms with Crippen molar-refractivity contribution < 1.29 is 18.8 Å². The summed E-state index contributed by atoms with van der Waals surface area (Å²) in [6.45, 7) is 0.737. The number of anilines is 1. The molecule has 1 aromatic heterocycles. The molecule has 2 aromatic carbocycles. The van der Waals surface area contributed by atoms with Gasteiger partial charge in [0, 0.05) is 42.7 Å². The molecule has 8 nitrogen and oxygen atoms in total. The van der Waals surface area contributed by atoms with Crippen molar-refractivity contribution in [3.63, 3.8) is 0 Å². The molecule has 0 aliphatic carbocycles. The summed E-state index contributed by atoms with van der Waals surface area (Å²) >= 11 is 0. The number of halogens is 1. The molecule has 3 aromatic rings. The monoisotopic (exact) mass is 449 g/mol. The highest BCUT2D eigenvalue weighted by Crippen LogP contribution is 2.19. The number of aromatic nitrogens is 2. The summed E-state index contributed by atoms with van der Waals surface area (Å²) < 4.78 is 14.8. The van der Waals surface area contributed by atoms with Crippen LogP contribution in [0, 0.1) is 11.7 Å². The smallest absolute Gasteiger partial charge is 0.253 e. The van der Waals surface area contributed by atoms with Gasteiger partial charge in [-0.25, -0.2) is 9.07 Å². The fourth-order valence-corrected chi connectivity index (χ4v) is 3.76. The zero-order valence-corrected chi connectivity index (χ0v) is 17.9. The van der Waals surface area contributed by atoms with Crippen molar-refractivity contribution in [1.29, 1.82) is 0 Å². The van der Waals surface area contributed by atoms with Gasteiger partial charge in [-0.3, -0.25) is 14.4 Å². The lowest BCUT2D eigenvalue weighted by Crippen LogP contribution is -2.44. The average Bonchev–Trinajstić information content (AvgIpc) is 3.38. The van der Waals surface area contributed by atoms with Gasteiger partial charge in [0.15, 0.2) is 0 Å². The van der Waals surface area contributed by atoms with E-state index in [0.717, 1.165) is 5.69 Å². The minimum atomic E-state index is -0.391. The topological polar surface area (TPSA) is 96.3 Å². The molecular weight excluding hydrogens is 425 g/mol. The molecule has 170 valence electrons. The molecule has 0 bridgehead atoms. The molecule has 0 atom stereocenters. The highest BCUT2D eigenvalue weighted by atomic mass is 19.1. The van der Waals surface area contributed by atoms with Crippen molar-refractivity contribution in [2.75, 3.05) is 25.0 Å². The number of rotatable bonds is 6. The molecule has 3 amide bonds. The first kappa shape index (κ1) is 22.2. The molecular formula is C24H24FN5O3. The maximum atomic E-state index is 13.1. The Hall–Kier alpha value is -4.01. The average molecular weight is 449 g/mol. The van der Waals surface area contributed by atoms with Crippen molar-refractivity contribution in [2.45, 2.75) is 12.8 Å². The lowest BCUT2D eigenvalue weighted by Gasteiger charge is -2.31. The lowest BCUT2D eigenvalue weighted by molar-refractivity contribution is -0.128. The first-order valence-electron chi connectivity index (χ1n) is 10.7. The molecule has 1 aliphatic rings. The number of carbonyl (C=O) groups excluding carboxylic acids is 3. The van der Waals surface area contributed by atoms with E-state index in [1.807, 2.05) is 24.4 Å². The standard InChI is InChI=1S/C24H24FN5O3/c25-19-4-2-18(3-5-19)24(33)29-14-10-17(11-15-29)23(32)26-16-22(31)28-20-6-8-21(9-7-20)30-13-1-12-27-30/h1-9,12-13,17H,10-11,14-16H2,(H,26,32)(H,28,31). The van der Waals surface area contributed by atoms with Crippen LogP contribution in [0.4, 0.5) is 10.1 Å². The SMILES string of the molecule is O=C(CNC(=O)C1CCN(C(=O)c2ccc(F)cc2)CC1)Nc1ccc(-n2cccn2)cc1. The van der Waals surface area contributed by atoms with E-state index in [1.165, 1.54) is 24.3 Å². The molecule has 1 saturated heterocycles. The largest absolute Gasteiger partial charge is 0.347 e. The van der Waals surface area contributed by atoms with E-state index in [4.69, 9.17) is 0 Å². The summed E-state index contributed by atoms with van der Waals surface area (Å²) in [7, 11) is 0. The van der Waals surface area contributed by atoms with Crippen molar-refractivity contribution in [2.24, 2.45) is 5.92 Å². The highest BCUT2D eigenvalue weighted by Gasteiger charge is 2.28. The van der Waals surface area contributed by atoms with E-state index in [1.54, 1.807) is 27.9 Å². The van der Waals surface area contributed by atoms with Crippen LogP contribution in [0.1, 0.15) is 23.2 Å². The summed E-state index contributed by atoms with van der Waals surface area (Å²) in [5, 5.41) is 9.58. The number of nitrogens with zero attached hydrogens (tertiary/aromatic N) is 3. The fourth-order valence-electron chi connectivity index (χ4n) is 3.76. The number of nitrogens with one attached hydrogen (secondary N) is 2. The lowest BCUT2D eigenvalue weighted by atomic mass is 9.95. The van der Waals surface area contributed by atoms with Crippen molar-refractivity contribution in [3.05, 3.63) is 78.4 Å². The van der Waals surface area contributed by atoms with Gasteiger partial charge < -0.3 is 15.5 Å². The predicted octanol–water partition coefficient (Wildman–Crippen LogP) is 2.62. The Morgan fingerprint density at radius 3 is 2.33 bits per heavy atom. The third kappa shape index (κ3) is 5.62. The van der Waals surface area contributed by atoms with Gasteiger partial charge in [-0.15, -0.1) is 0 Å². The van der Waals surface area contributed by atoms with Gasteiger partial charge in [0.1, 0.15) is 5.82 Å². The van der Waals surface area contributed by atoms with Crippen molar-refractivity contribution in [3.8, 4) is 5.69 Å². The summed E-state index contributed by atoms with van der Waals surface area (Å²) in [6.07, 6.45) is 4.53. The Kier molecular flexibility index (Phi) is 6.77. The summed E-state index contributed by atoms with van der Waals surface area (Å²) in [5.74, 6) is -1.35. The summed E-state index contributed by atoms with van der Waals surface area (Å²) in [5.41, 5.74) is 1.92. The molecule has 1 fully saturated rings. The van der Waals surface area contributed by atoms with Crippen LogP contribution in [0.5, 0.6) is 0 Å². The van der Waals surface area contributed by atoms with E-state index in [-0.39, 0.29) is 30.2 Å². The van der Waals surface area contributed by atoms with Crippen LogP contribution in [0.15, 0.2) is 67.0 Å². The number of likely N-dealkylation sites (tertiary alicyclic amines) is 1. The second-order valence-corrected chi connectivity index (χ2v) is 7.84. The van der Waals surface area contributed by atoms with Crippen LogP contribution in [-0.2, 0) is 9.59 Å². The predicted molar refractivity (Wildman–Crippen MR) is 120 cm³/mol. The molecule has 0 saturated carbocycles. The van der Waals surface area contributed by atoms with E-state index in [9.17, 15) is 18.8 Å². The first-order chi connectivity index (χ1) is 16.0. The molecule has 2 N–H and O–H groups in total. The quantitative estimate of drug-likeness (QED) is 0.605. The number of hydrogen-bond acceptors (Lipinski definition) is 4. The maximum absolute atomic E-state index is 13.1. The molecule has 2 heterocycles. The van der Waals surface area contributed by atoms with Crippen LogP contribution < -0.4 is 10.6 Å². The number of amides is 3. The van der Waals surface area contributed by atoms with Gasteiger partial charge in [-0.05, 0) is 67.4 Å². The molecule has 33 heavy (non-hydrogen) atoms. The molecule has 9 heteroatoms. The van der Waals surface area contributed by atoms with Crippen LogP contribution in [0.3, 0.4) is 0 Å². The van der Waals surface area contributed by atoms with Crippen LogP contribution in [0.2, 0.25) is 0 Å². The zero-order chi connectivity index (χ0) is 23.2. The van der Waals surface area contributed by atoms with Crippen molar-refractivity contribution >= 4 is 23.4 Å². The van der Waals surface area contributed by atoms with Crippen LogP contribution in [-0.4, -0.2) is 52.0 Å². The Morgan fingerprint density at radius 2 is 1.70 bits per heavy atom. The number of hydrogen-bond donors (Lipinski definition) is 2. The summed E-state index contributed by atoms with van der Waals surface area (Å²) in [4.78, 5) is 38.9. The van der Waals surface area contributed by atoms with E-state index >= 15 is 0 Å². The van der Waals surface area contributed by atoms with Crippen molar-refractivity contribution in [1.82, 2.24) is 20.0 Å². The van der Waals surface area contributed by atoms with Gasteiger partial charge in [0.2, 0.25) is 11.8 Å². The maximum Gasteiger partial charge on any atom is 0.253 e. The van der Waals surface area contributed by atoms with Gasteiger partial charge in [0.05, 0.1) is 12.2 Å². The normalized spacial score (nSPS) is 14.0. The number of piperidine rings is 1. The summed E-state index contributed by atoms with van der Waals surface area (Å²) in [6, 6.07) is 14.5. The second kappa shape index (κ2) is 10.1. The van der Waals surface area contributed by atoms with Gasteiger partial charge in [0.25, 0.3) is 5.91 Å². The third-order valence-electron chi connectivity index (χ3n) is 5.59. The Balaban J connectivity index is 1.20. The van der Waals surface area contributed by atoms with Gasteiger partial charge in [-0.2, -0.15) is 5.10 Å². The Labute approximate surface area is 190 Å². The van der Waals surface area contributed by atoms with Gasteiger partial charge >= 0.3 is 0 Å². The Bertz CT molecular complexity index is 1110.